The molecule has 0 saturated carbocycles. The summed E-state index contributed by atoms with van der Waals surface area (Å²) in [6.07, 6.45) is 4.00. The summed E-state index contributed by atoms with van der Waals surface area (Å²) in [4.78, 5) is 13.1. The van der Waals surface area contributed by atoms with Crippen LogP contribution in [0.4, 0.5) is 0 Å². The van der Waals surface area contributed by atoms with E-state index in [4.69, 9.17) is 0 Å². The van der Waals surface area contributed by atoms with E-state index in [0.717, 1.165) is 18.8 Å². The Morgan fingerprint density at radius 1 is 1.42 bits per heavy atom. The third kappa shape index (κ3) is 2.26. The smallest absolute Gasteiger partial charge is 0.332 e. The summed E-state index contributed by atoms with van der Waals surface area (Å²) in [5.74, 6) is -0.264. The Morgan fingerprint density at radius 2 is 2.00 bits per heavy atom. The molecule has 0 aromatic heterocycles. The Kier molecular flexibility index (Phi) is 3.14. The highest BCUT2D eigenvalue weighted by Gasteiger charge is 2.12. The van der Waals surface area contributed by atoms with E-state index in [2.05, 4.69) is 9.64 Å². The quantitative estimate of drug-likeness (QED) is 0.459. The average molecular weight is 169 g/mol. The van der Waals surface area contributed by atoms with Crippen LogP contribution in [0.25, 0.3) is 0 Å². The fourth-order valence-corrected chi connectivity index (χ4v) is 1.39. The van der Waals surface area contributed by atoms with E-state index in [-0.39, 0.29) is 5.97 Å². The Hall–Kier alpha value is -0.990. The van der Waals surface area contributed by atoms with Crippen molar-refractivity contribution < 1.29 is 9.53 Å². The minimum absolute atomic E-state index is 0.264. The lowest BCUT2D eigenvalue weighted by atomic mass is 10.4. The van der Waals surface area contributed by atoms with Gasteiger partial charge in [-0.3, -0.25) is 0 Å². The van der Waals surface area contributed by atoms with Gasteiger partial charge in [-0.25, -0.2) is 4.79 Å². The predicted molar refractivity (Wildman–Crippen MR) is 46.6 cm³/mol. The van der Waals surface area contributed by atoms with Crippen molar-refractivity contribution >= 4 is 5.97 Å². The van der Waals surface area contributed by atoms with Gasteiger partial charge in [-0.2, -0.15) is 0 Å². The average Bonchev–Trinajstić information content (AvgIpc) is 2.56. The van der Waals surface area contributed by atoms with Crippen molar-refractivity contribution in [3.05, 3.63) is 11.8 Å². The number of likely N-dealkylation sites (tertiary alicyclic amines) is 1. The number of hydrogen-bond donors (Lipinski definition) is 0. The van der Waals surface area contributed by atoms with Crippen LogP contribution in [0.5, 0.6) is 0 Å². The van der Waals surface area contributed by atoms with Crippen molar-refractivity contribution in [1.29, 1.82) is 0 Å². The molecule has 0 unspecified atom stereocenters. The predicted octanol–water partition coefficient (Wildman–Crippen LogP) is 1.16. The van der Waals surface area contributed by atoms with E-state index in [1.165, 1.54) is 20.0 Å². The van der Waals surface area contributed by atoms with E-state index in [1.54, 1.807) is 6.08 Å². The summed E-state index contributed by atoms with van der Waals surface area (Å²) in [6.45, 7) is 4.08. The van der Waals surface area contributed by atoms with Crippen molar-refractivity contribution in [3.63, 3.8) is 0 Å². The largest absolute Gasteiger partial charge is 0.466 e. The number of hydrogen-bond acceptors (Lipinski definition) is 3. The number of ether oxygens (including phenoxy) is 1. The molecule has 1 rings (SSSR count). The Morgan fingerprint density at radius 3 is 2.50 bits per heavy atom. The van der Waals surface area contributed by atoms with Crippen molar-refractivity contribution in [2.24, 2.45) is 0 Å². The summed E-state index contributed by atoms with van der Waals surface area (Å²) < 4.78 is 4.54. The molecule has 12 heavy (non-hydrogen) atoms. The third-order valence-corrected chi connectivity index (χ3v) is 2.13. The molecule has 1 heterocycles. The van der Waals surface area contributed by atoms with Gasteiger partial charge in [0.1, 0.15) is 0 Å². The van der Waals surface area contributed by atoms with Crippen molar-refractivity contribution in [2.45, 2.75) is 19.8 Å². The Bertz CT molecular complexity index is 193. The van der Waals surface area contributed by atoms with Crippen LogP contribution in [0.2, 0.25) is 0 Å². The highest BCUT2D eigenvalue weighted by molar-refractivity contribution is 5.82. The minimum Gasteiger partial charge on any atom is -0.466 e. The molecule has 3 nitrogen and oxygen atoms in total. The molecule has 0 N–H and O–H groups in total. The fourth-order valence-electron chi connectivity index (χ4n) is 1.39. The van der Waals surface area contributed by atoms with Crippen molar-refractivity contribution in [1.82, 2.24) is 4.90 Å². The molecule has 0 aromatic rings. The zero-order valence-electron chi connectivity index (χ0n) is 7.67. The van der Waals surface area contributed by atoms with E-state index < -0.39 is 0 Å². The second kappa shape index (κ2) is 4.14. The van der Waals surface area contributed by atoms with Crippen molar-refractivity contribution in [3.8, 4) is 0 Å². The van der Waals surface area contributed by atoms with Gasteiger partial charge in [0.05, 0.1) is 7.11 Å². The van der Waals surface area contributed by atoms with Gasteiger partial charge >= 0.3 is 5.97 Å². The number of allylic oxidation sites excluding steroid dienone is 1. The molecule has 1 fully saturated rings. The van der Waals surface area contributed by atoms with E-state index in [1.807, 2.05) is 6.92 Å². The summed E-state index contributed by atoms with van der Waals surface area (Å²) in [7, 11) is 1.40. The van der Waals surface area contributed by atoms with Crippen LogP contribution in [0.1, 0.15) is 19.8 Å². The molecule has 68 valence electrons. The van der Waals surface area contributed by atoms with Crippen LogP contribution < -0.4 is 0 Å². The zero-order valence-corrected chi connectivity index (χ0v) is 7.67. The standard InChI is InChI=1S/C9H15NO2/c1-8(7-9(11)12-2)10-5-3-4-6-10/h7H,3-6H2,1-2H3/b8-7+. The summed E-state index contributed by atoms with van der Waals surface area (Å²) in [5.41, 5.74) is 1.01. The second-order valence-electron chi connectivity index (χ2n) is 3.00. The topological polar surface area (TPSA) is 29.5 Å². The lowest BCUT2D eigenvalue weighted by Crippen LogP contribution is -2.17. The van der Waals surface area contributed by atoms with Gasteiger partial charge in [0.2, 0.25) is 0 Å². The highest BCUT2D eigenvalue weighted by Crippen LogP contribution is 2.13. The maximum atomic E-state index is 10.9. The van der Waals surface area contributed by atoms with Crippen LogP contribution in [0, 0.1) is 0 Å². The van der Waals surface area contributed by atoms with Gasteiger partial charge in [0.25, 0.3) is 0 Å². The molecule has 0 amide bonds. The van der Waals surface area contributed by atoms with E-state index in [0.29, 0.717) is 0 Å². The van der Waals surface area contributed by atoms with Crippen LogP contribution >= 0.6 is 0 Å². The molecular weight excluding hydrogens is 154 g/mol. The van der Waals surface area contributed by atoms with Gasteiger partial charge < -0.3 is 9.64 Å². The van der Waals surface area contributed by atoms with Crippen LogP contribution in [-0.2, 0) is 9.53 Å². The molecule has 0 spiro atoms. The number of esters is 1. The maximum absolute atomic E-state index is 10.9. The molecule has 0 bridgehead atoms. The van der Waals surface area contributed by atoms with E-state index >= 15 is 0 Å². The summed E-state index contributed by atoms with van der Waals surface area (Å²) in [6, 6.07) is 0. The molecule has 3 heteroatoms. The van der Waals surface area contributed by atoms with E-state index in [9.17, 15) is 4.79 Å². The van der Waals surface area contributed by atoms with Gasteiger partial charge in [-0.05, 0) is 19.8 Å². The molecule has 0 radical (unpaired) electrons. The number of nitrogens with zero attached hydrogens (tertiary/aromatic N) is 1. The second-order valence-corrected chi connectivity index (χ2v) is 3.00. The summed E-state index contributed by atoms with van der Waals surface area (Å²) >= 11 is 0. The molecule has 0 aromatic carbocycles. The summed E-state index contributed by atoms with van der Waals surface area (Å²) in [5, 5.41) is 0. The SMILES string of the molecule is COC(=O)/C=C(\C)N1CCCC1. The highest BCUT2D eigenvalue weighted by atomic mass is 16.5. The molecule has 1 saturated heterocycles. The van der Waals surface area contributed by atoms with Crippen LogP contribution in [-0.4, -0.2) is 31.1 Å². The third-order valence-electron chi connectivity index (χ3n) is 2.13. The first-order chi connectivity index (χ1) is 5.74. The number of rotatable bonds is 2. The number of methoxy groups -OCH3 is 1. The first kappa shape index (κ1) is 9.10. The molecule has 1 aliphatic heterocycles. The lowest BCUT2D eigenvalue weighted by Gasteiger charge is -2.17. The molecular formula is C9H15NO2. The molecule has 1 aliphatic rings. The molecule has 0 aliphatic carbocycles. The van der Waals surface area contributed by atoms with Crippen LogP contribution in [0.3, 0.4) is 0 Å². The Labute approximate surface area is 73.0 Å². The number of carbonyl (C=O) groups excluding carboxylic acids is 1. The first-order valence-electron chi connectivity index (χ1n) is 4.25. The van der Waals surface area contributed by atoms with Gasteiger partial charge in [-0.15, -0.1) is 0 Å². The van der Waals surface area contributed by atoms with Crippen molar-refractivity contribution in [2.75, 3.05) is 20.2 Å². The zero-order chi connectivity index (χ0) is 8.97. The molecule has 0 atom stereocenters. The maximum Gasteiger partial charge on any atom is 0.332 e. The monoisotopic (exact) mass is 169 g/mol. The van der Waals surface area contributed by atoms with Gasteiger partial charge in [-0.1, -0.05) is 0 Å². The fraction of sp³-hybridized carbons (Fsp3) is 0.667. The number of carbonyl (C=O) groups is 1. The van der Waals surface area contributed by atoms with Gasteiger partial charge in [0.15, 0.2) is 0 Å². The Balaban J connectivity index is 2.49. The normalized spacial score (nSPS) is 18.2. The minimum atomic E-state index is -0.264. The first-order valence-corrected chi connectivity index (χ1v) is 4.25. The van der Waals surface area contributed by atoms with Crippen LogP contribution in [0.15, 0.2) is 11.8 Å². The lowest BCUT2D eigenvalue weighted by molar-refractivity contribution is -0.134. The van der Waals surface area contributed by atoms with Gasteiger partial charge in [0, 0.05) is 24.9 Å².